The molecular formula is C18H29N. The minimum atomic E-state index is 0.536. The molecule has 2 atom stereocenters. The summed E-state index contributed by atoms with van der Waals surface area (Å²) < 4.78 is 0. The fourth-order valence-corrected chi connectivity index (χ4v) is 3.23. The highest BCUT2D eigenvalue weighted by Gasteiger charge is 2.33. The second-order valence-corrected chi connectivity index (χ2v) is 5.97. The summed E-state index contributed by atoms with van der Waals surface area (Å²) >= 11 is 0. The maximum atomic E-state index is 3.71. The number of hydrogen-bond acceptors (Lipinski definition) is 1. The lowest BCUT2D eigenvalue weighted by atomic mass is 9.88. The van der Waals surface area contributed by atoms with E-state index in [1.54, 1.807) is 0 Å². The van der Waals surface area contributed by atoms with Gasteiger partial charge in [-0.05, 0) is 60.8 Å². The largest absolute Gasteiger partial charge is 0.310 e. The molecule has 1 saturated carbocycles. The Morgan fingerprint density at radius 3 is 2.32 bits per heavy atom. The fourth-order valence-electron chi connectivity index (χ4n) is 3.23. The van der Waals surface area contributed by atoms with E-state index < -0.39 is 0 Å². The highest BCUT2D eigenvalue weighted by atomic mass is 14.9. The first-order valence-corrected chi connectivity index (χ1v) is 8.06. The highest BCUT2D eigenvalue weighted by molar-refractivity contribution is 5.34. The van der Waals surface area contributed by atoms with E-state index in [4.69, 9.17) is 0 Å². The zero-order chi connectivity index (χ0) is 13.8. The smallest absolute Gasteiger partial charge is 0.0348 e. The lowest BCUT2D eigenvalue weighted by Crippen LogP contribution is -2.28. The van der Waals surface area contributed by atoms with Gasteiger partial charge in [-0.15, -0.1) is 0 Å². The number of rotatable bonds is 7. The molecule has 1 heteroatoms. The monoisotopic (exact) mass is 259 g/mol. The Kier molecular flexibility index (Phi) is 5.04. The molecule has 0 aromatic heterocycles. The van der Waals surface area contributed by atoms with Crippen molar-refractivity contribution in [3.05, 3.63) is 34.9 Å². The average molecular weight is 259 g/mol. The van der Waals surface area contributed by atoms with Gasteiger partial charge < -0.3 is 5.32 Å². The van der Waals surface area contributed by atoms with E-state index >= 15 is 0 Å². The van der Waals surface area contributed by atoms with Gasteiger partial charge in [-0.25, -0.2) is 0 Å². The van der Waals surface area contributed by atoms with Crippen molar-refractivity contribution in [2.24, 2.45) is 11.8 Å². The van der Waals surface area contributed by atoms with E-state index in [-0.39, 0.29) is 0 Å². The van der Waals surface area contributed by atoms with Gasteiger partial charge in [0.25, 0.3) is 0 Å². The molecule has 0 radical (unpaired) electrons. The molecule has 1 N–H and O–H groups in total. The summed E-state index contributed by atoms with van der Waals surface area (Å²) in [7, 11) is 0. The highest BCUT2D eigenvalue weighted by Crippen LogP contribution is 2.42. The predicted octanol–water partition coefficient (Wildman–Crippen LogP) is 4.51. The fraction of sp³-hybridized carbons (Fsp3) is 0.667. The molecule has 0 bridgehead atoms. The van der Waals surface area contributed by atoms with Crippen molar-refractivity contribution in [2.75, 3.05) is 6.54 Å². The summed E-state index contributed by atoms with van der Waals surface area (Å²) in [5.41, 5.74) is 4.54. The van der Waals surface area contributed by atoms with Gasteiger partial charge in [-0.2, -0.15) is 0 Å². The van der Waals surface area contributed by atoms with Crippen LogP contribution in [0.1, 0.15) is 63.3 Å². The molecule has 0 heterocycles. The van der Waals surface area contributed by atoms with Crippen LogP contribution in [0.5, 0.6) is 0 Å². The zero-order valence-corrected chi connectivity index (χ0v) is 13.0. The van der Waals surface area contributed by atoms with Crippen molar-refractivity contribution in [1.29, 1.82) is 0 Å². The van der Waals surface area contributed by atoms with Crippen molar-refractivity contribution in [3.8, 4) is 0 Å². The summed E-state index contributed by atoms with van der Waals surface area (Å²) in [5.74, 6) is 1.71. The molecule has 1 fully saturated rings. The Morgan fingerprint density at radius 1 is 1.11 bits per heavy atom. The standard InChI is InChI=1S/C18H29N/c1-5-14-8-11-17(12-15(14)6-2)18(19-7-3)13(4)16-9-10-16/h8,11-13,16,18-19H,5-7,9-10H2,1-4H3. The Morgan fingerprint density at radius 2 is 1.79 bits per heavy atom. The van der Waals surface area contributed by atoms with Crippen LogP contribution >= 0.6 is 0 Å². The Labute approximate surface area is 118 Å². The molecule has 1 nitrogen and oxygen atoms in total. The van der Waals surface area contributed by atoms with Crippen LogP contribution in [0.2, 0.25) is 0 Å². The van der Waals surface area contributed by atoms with Crippen molar-refractivity contribution >= 4 is 0 Å². The molecule has 2 unspecified atom stereocenters. The SMILES string of the molecule is CCNC(c1ccc(CC)c(CC)c1)C(C)C1CC1. The Bertz CT molecular complexity index is 406. The molecule has 0 amide bonds. The topological polar surface area (TPSA) is 12.0 Å². The first kappa shape index (κ1) is 14.6. The predicted molar refractivity (Wildman–Crippen MR) is 83.5 cm³/mol. The summed E-state index contributed by atoms with van der Waals surface area (Å²) in [6.45, 7) is 10.2. The van der Waals surface area contributed by atoms with Crippen molar-refractivity contribution in [1.82, 2.24) is 5.32 Å². The van der Waals surface area contributed by atoms with Crippen LogP contribution in [-0.4, -0.2) is 6.54 Å². The second-order valence-electron chi connectivity index (χ2n) is 5.97. The summed E-state index contributed by atoms with van der Waals surface area (Å²) in [6.07, 6.45) is 5.15. The van der Waals surface area contributed by atoms with E-state index in [0.29, 0.717) is 6.04 Å². The summed E-state index contributed by atoms with van der Waals surface area (Å²) in [6, 6.07) is 7.68. The lowest BCUT2D eigenvalue weighted by Gasteiger charge is -2.26. The van der Waals surface area contributed by atoms with Crippen LogP contribution in [-0.2, 0) is 12.8 Å². The molecule has 106 valence electrons. The molecule has 19 heavy (non-hydrogen) atoms. The van der Waals surface area contributed by atoms with Gasteiger partial charge in [-0.1, -0.05) is 45.9 Å². The minimum absolute atomic E-state index is 0.536. The minimum Gasteiger partial charge on any atom is -0.310 e. The van der Waals surface area contributed by atoms with Crippen LogP contribution in [0.4, 0.5) is 0 Å². The maximum Gasteiger partial charge on any atom is 0.0348 e. The van der Waals surface area contributed by atoms with E-state index in [1.165, 1.54) is 29.5 Å². The summed E-state index contributed by atoms with van der Waals surface area (Å²) in [5, 5.41) is 3.71. The maximum absolute atomic E-state index is 3.71. The van der Waals surface area contributed by atoms with Gasteiger partial charge in [-0.3, -0.25) is 0 Å². The van der Waals surface area contributed by atoms with Gasteiger partial charge in [0, 0.05) is 6.04 Å². The number of benzene rings is 1. The number of nitrogens with one attached hydrogen (secondary N) is 1. The van der Waals surface area contributed by atoms with Gasteiger partial charge in [0.2, 0.25) is 0 Å². The molecule has 0 spiro atoms. The first-order chi connectivity index (χ1) is 9.21. The normalized spacial score (nSPS) is 18.3. The van der Waals surface area contributed by atoms with Gasteiger partial charge in [0.15, 0.2) is 0 Å². The molecule has 2 rings (SSSR count). The Hall–Kier alpha value is -0.820. The van der Waals surface area contributed by atoms with Gasteiger partial charge in [0.05, 0.1) is 0 Å². The first-order valence-electron chi connectivity index (χ1n) is 8.06. The van der Waals surface area contributed by atoms with E-state index in [0.717, 1.165) is 31.2 Å². The van der Waals surface area contributed by atoms with Crippen LogP contribution in [0.15, 0.2) is 18.2 Å². The number of hydrogen-bond donors (Lipinski definition) is 1. The van der Waals surface area contributed by atoms with Crippen LogP contribution < -0.4 is 5.32 Å². The van der Waals surface area contributed by atoms with Crippen molar-refractivity contribution in [3.63, 3.8) is 0 Å². The van der Waals surface area contributed by atoms with Gasteiger partial charge in [0.1, 0.15) is 0 Å². The molecule has 1 aromatic rings. The number of aryl methyl sites for hydroxylation is 2. The quantitative estimate of drug-likeness (QED) is 0.760. The second kappa shape index (κ2) is 6.56. The third kappa shape index (κ3) is 3.39. The van der Waals surface area contributed by atoms with Crippen molar-refractivity contribution < 1.29 is 0 Å². The van der Waals surface area contributed by atoms with Gasteiger partial charge >= 0.3 is 0 Å². The van der Waals surface area contributed by atoms with Crippen molar-refractivity contribution in [2.45, 2.75) is 59.4 Å². The van der Waals surface area contributed by atoms with Crippen LogP contribution in [0, 0.1) is 11.8 Å². The molecule has 0 saturated heterocycles. The molecular weight excluding hydrogens is 230 g/mol. The molecule has 1 aliphatic rings. The van der Waals surface area contributed by atoms with Crippen LogP contribution in [0.3, 0.4) is 0 Å². The third-order valence-electron chi connectivity index (χ3n) is 4.67. The average Bonchev–Trinajstić information content (AvgIpc) is 3.28. The third-order valence-corrected chi connectivity index (χ3v) is 4.67. The Balaban J connectivity index is 2.24. The lowest BCUT2D eigenvalue weighted by molar-refractivity contribution is 0.355. The van der Waals surface area contributed by atoms with Crippen LogP contribution in [0.25, 0.3) is 0 Å². The summed E-state index contributed by atoms with van der Waals surface area (Å²) in [4.78, 5) is 0. The zero-order valence-electron chi connectivity index (χ0n) is 13.0. The molecule has 1 aromatic carbocycles. The van der Waals surface area contributed by atoms with E-state index in [1.807, 2.05) is 0 Å². The molecule has 1 aliphatic carbocycles. The van der Waals surface area contributed by atoms with E-state index in [9.17, 15) is 0 Å². The van der Waals surface area contributed by atoms with E-state index in [2.05, 4.69) is 51.2 Å². The molecule has 0 aliphatic heterocycles.